The van der Waals surface area contributed by atoms with Crippen molar-refractivity contribution in [2.45, 2.75) is 143 Å². The third-order valence-corrected chi connectivity index (χ3v) is 19.9. The highest BCUT2D eigenvalue weighted by Gasteiger charge is 2.40. The summed E-state index contributed by atoms with van der Waals surface area (Å²) < 4.78 is 39.9. The van der Waals surface area contributed by atoms with E-state index in [1.807, 2.05) is 27.9 Å². The summed E-state index contributed by atoms with van der Waals surface area (Å²) in [5.41, 5.74) is 17.6. The van der Waals surface area contributed by atoms with E-state index in [9.17, 15) is 38.4 Å². The van der Waals surface area contributed by atoms with E-state index in [1.165, 1.54) is 11.3 Å². The number of amides is 7. The lowest BCUT2D eigenvalue weighted by Crippen LogP contribution is -2.55. The third kappa shape index (κ3) is 18.8. The van der Waals surface area contributed by atoms with Crippen LogP contribution >= 0.6 is 11.3 Å². The minimum absolute atomic E-state index is 0.0667. The monoisotopic (exact) mass is 1450 g/mol. The Labute approximate surface area is 606 Å². The maximum atomic E-state index is 14.3. The SMILES string of the molecule is CCn1nc(C)cc1C(=O)N=c1n(C)c2cc(C(N)=O)ccc2n1CCC(CCn1c(=NC(=O)c2cc(C)nn2CC)n(C)c2cc(C(N)=O)ccc21)OCC(=O)NCCOCCOCCOCCOc1cccc(C(=O)c2csc([C@@H]3CCCN3C(=O)[C@@H](NC(=O)[C@H](C)NC)C3CCCCC3)n2)c1. The Balaban J connectivity index is 0.707. The molecule has 1 aliphatic heterocycles. The van der Waals surface area contributed by atoms with Crippen LogP contribution in [0, 0.1) is 19.8 Å². The molecule has 0 unspecified atom stereocenters. The molecule has 0 spiro atoms. The Morgan fingerprint density at radius 2 is 1.22 bits per heavy atom. The van der Waals surface area contributed by atoms with E-state index < -0.39 is 47.7 Å². The van der Waals surface area contributed by atoms with Gasteiger partial charge in [0.05, 0.1) is 91.3 Å². The summed E-state index contributed by atoms with van der Waals surface area (Å²) >= 11 is 1.37. The van der Waals surface area contributed by atoms with Crippen molar-refractivity contribution in [1.82, 2.24) is 63.7 Å². The minimum Gasteiger partial charge on any atom is -0.491 e. The number of carbonyl (C=O) groups excluding carboxylic acids is 8. The summed E-state index contributed by atoms with van der Waals surface area (Å²) in [4.78, 5) is 124. The van der Waals surface area contributed by atoms with Gasteiger partial charge in [0.1, 0.15) is 47.1 Å². The van der Waals surface area contributed by atoms with Gasteiger partial charge in [-0.05, 0) is 147 Å². The molecular formula is C73H95N17O13S. The van der Waals surface area contributed by atoms with Crippen molar-refractivity contribution in [3.63, 3.8) is 0 Å². The average Bonchev–Trinajstić information content (AvgIpc) is 1.62. The number of nitrogens with zero attached hydrogens (tertiary/aromatic N) is 12. The first-order valence-corrected chi connectivity index (χ1v) is 36.4. The van der Waals surface area contributed by atoms with E-state index in [4.69, 9.17) is 40.1 Å². The van der Waals surface area contributed by atoms with Crippen LogP contribution < -0.4 is 43.4 Å². The number of aromatic nitrogens is 9. The molecule has 5 aromatic heterocycles. The van der Waals surface area contributed by atoms with Crippen LogP contribution in [0.3, 0.4) is 0 Å². The van der Waals surface area contributed by atoms with E-state index in [0.717, 1.165) is 44.9 Å². The van der Waals surface area contributed by atoms with Gasteiger partial charge in [0.2, 0.25) is 46.6 Å². The van der Waals surface area contributed by atoms with Crippen LogP contribution in [-0.2, 0) is 73.6 Å². The molecule has 3 atom stereocenters. The molecule has 2 fully saturated rings. The average molecular weight is 1450 g/mol. The van der Waals surface area contributed by atoms with Crippen LogP contribution in [0.4, 0.5) is 0 Å². The number of likely N-dealkylation sites (N-methyl/N-ethyl adjacent to an activating group) is 1. The Hall–Kier alpha value is -9.79. The van der Waals surface area contributed by atoms with Gasteiger partial charge in [-0.3, -0.25) is 47.7 Å². The van der Waals surface area contributed by atoms with Crippen molar-refractivity contribution in [3.8, 4) is 5.75 Å². The molecule has 7 N–H and O–H groups in total. The number of ether oxygens (including phenoxy) is 5. The Morgan fingerprint density at radius 3 is 1.77 bits per heavy atom. The maximum absolute atomic E-state index is 14.3. The van der Waals surface area contributed by atoms with Crippen molar-refractivity contribution in [2.75, 3.05) is 73.0 Å². The van der Waals surface area contributed by atoms with Gasteiger partial charge in [-0.2, -0.15) is 20.2 Å². The van der Waals surface area contributed by atoms with Crippen LogP contribution in [0.1, 0.15) is 159 Å². The zero-order chi connectivity index (χ0) is 74.1. The molecule has 0 radical (unpaired) electrons. The van der Waals surface area contributed by atoms with Crippen molar-refractivity contribution < 1.29 is 62.0 Å². The highest BCUT2D eigenvalue weighted by molar-refractivity contribution is 7.10. The Bertz CT molecular complexity index is 4390. The quantitative estimate of drug-likeness (QED) is 0.0251. The number of benzene rings is 3. The van der Waals surface area contributed by atoms with Crippen LogP contribution in [0.5, 0.6) is 5.75 Å². The number of primary amides is 2. The number of imidazole rings is 2. The van der Waals surface area contributed by atoms with Gasteiger partial charge >= 0.3 is 0 Å². The molecule has 0 bridgehead atoms. The molecule has 30 nitrogen and oxygen atoms in total. The zero-order valence-electron chi connectivity index (χ0n) is 60.4. The predicted octanol–water partition coefficient (Wildman–Crippen LogP) is 5.14. The number of aryl methyl sites for hydroxylation is 8. The molecule has 6 heterocycles. The summed E-state index contributed by atoms with van der Waals surface area (Å²) in [6.45, 7) is 12.6. The number of thiazole rings is 1. The maximum Gasteiger partial charge on any atom is 0.298 e. The Morgan fingerprint density at radius 1 is 0.663 bits per heavy atom. The lowest BCUT2D eigenvalue weighted by molar-refractivity contribution is -0.139. The molecule has 7 amide bonds. The van der Waals surface area contributed by atoms with E-state index in [1.54, 1.807) is 139 Å². The number of hydrogen-bond acceptors (Lipinski definition) is 18. The molecule has 2 aliphatic rings. The fourth-order valence-electron chi connectivity index (χ4n) is 13.3. The first-order chi connectivity index (χ1) is 50.2. The van der Waals surface area contributed by atoms with Gasteiger partial charge in [0, 0.05) is 75.4 Å². The van der Waals surface area contributed by atoms with Gasteiger partial charge < -0.3 is 74.3 Å². The molecule has 10 rings (SSSR count). The molecule has 1 aliphatic carbocycles. The number of rotatable bonds is 36. The molecule has 31 heteroatoms. The highest BCUT2D eigenvalue weighted by atomic mass is 32.1. The number of nitrogens with two attached hydrogens (primary N) is 2. The summed E-state index contributed by atoms with van der Waals surface area (Å²) in [5, 5.41) is 20.3. The summed E-state index contributed by atoms with van der Waals surface area (Å²) in [5.74, 6) is -2.72. The predicted molar refractivity (Wildman–Crippen MR) is 387 cm³/mol. The highest BCUT2D eigenvalue weighted by Crippen LogP contribution is 2.37. The van der Waals surface area contributed by atoms with Gasteiger partial charge in [-0.15, -0.1) is 11.3 Å². The van der Waals surface area contributed by atoms with Crippen LogP contribution in [-0.4, -0.2) is 186 Å². The van der Waals surface area contributed by atoms with Crippen molar-refractivity contribution in [1.29, 1.82) is 0 Å². The number of carbonyl (C=O) groups is 8. The first-order valence-electron chi connectivity index (χ1n) is 35.5. The van der Waals surface area contributed by atoms with Crippen molar-refractivity contribution in [3.05, 3.63) is 140 Å². The first kappa shape index (κ1) is 76.8. The molecule has 1 saturated carbocycles. The van der Waals surface area contributed by atoms with Gasteiger partial charge in [0.25, 0.3) is 11.8 Å². The smallest absolute Gasteiger partial charge is 0.298 e. The molecule has 1 saturated heterocycles. The standard InChI is InChI=1S/C73H95N17O13S/c1-9-89-60(38-45(3)82-89)68(96)80-72-84(7)58-41-50(65(74)93)21-23-55(58)87(72)29-25-52(26-30-88-56-24-22-51(66(75)94)42-59(56)85(8)73(88)81-69(97)61-39-46(4)83-90(61)10-2)103-43-62(91)77-27-31-99-32-33-100-34-35-101-36-37-102-53-19-14-18-49(40-53)64(92)54-44-104-70(78-54)57-20-15-28-86(57)71(98)63(48-16-12-11-13-17-48)79-67(95)47(5)76-6/h14,18-19,21-24,38-42,44,47-48,52,57,63,76H,9-13,15-17,20,25-37,43H2,1-8H3,(H2,74,93)(H2,75,94)(H,77,91)(H,79,95)/t47-,52?,57-,63-/m0/s1. The zero-order valence-corrected chi connectivity index (χ0v) is 61.2. The van der Waals surface area contributed by atoms with Crippen LogP contribution in [0.15, 0.2) is 88.2 Å². The molecule has 3 aromatic carbocycles. The van der Waals surface area contributed by atoms with Crippen LogP contribution in [0.2, 0.25) is 0 Å². The number of hydrogen-bond donors (Lipinski definition) is 5. The van der Waals surface area contributed by atoms with Crippen molar-refractivity contribution in [2.24, 2.45) is 41.5 Å². The lowest BCUT2D eigenvalue weighted by atomic mass is 9.83. The van der Waals surface area contributed by atoms with Gasteiger partial charge in [-0.25, -0.2) is 4.98 Å². The second kappa shape index (κ2) is 36.1. The number of likely N-dealkylation sites (tertiary alicyclic amines) is 1. The Kier molecular flexibility index (Phi) is 26.7. The summed E-state index contributed by atoms with van der Waals surface area (Å²) in [7, 11) is 5.20. The van der Waals surface area contributed by atoms with E-state index in [0.29, 0.717) is 99.7 Å². The number of fused-ring (bicyclic) bond motifs is 2. The number of ketones is 1. The second-order valence-corrected chi connectivity index (χ2v) is 26.9. The normalized spacial score (nSPS) is 15.4. The fourth-order valence-corrected chi connectivity index (χ4v) is 14.3. The molecule has 8 aromatic rings. The summed E-state index contributed by atoms with van der Waals surface area (Å²) in [6, 6.07) is 18.9. The van der Waals surface area contributed by atoms with Gasteiger partial charge in [0.15, 0.2) is 0 Å². The van der Waals surface area contributed by atoms with Gasteiger partial charge in [-0.1, -0.05) is 31.4 Å². The van der Waals surface area contributed by atoms with E-state index >= 15 is 0 Å². The largest absolute Gasteiger partial charge is 0.491 e. The van der Waals surface area contributed by atoms with Crippen molar-refractivity contribution >= 4 is 80.5 Å². The fraction of sp³-hybridized carbons (Fsp3) is 0.493. The number of nitrogens with one attached hydrogen (secondary N) is 3. The minimum atomic E-state index is -0.663. The van der Waals surface area contributed by atoms with E-state index in [2.05, 4.69) is 36.1 Å². The molecule has 104 heavy (non-hydrogen) atoms. The second-order valence-electron chi connectivity index (χ2n) is 26.0. The van der Waals surface area contributed by atoms with E-state index in [-0.39, 0.29) is 124 Å². The lowest BCUT2D eigenvalue weighted by Gasteiger charge is -2.35. The molecular weight excluding hydrogens is 1350 g/mol. The topological polar surface area (TPSA) is 367 Å². The third-order valence-electron chi connectivity index (χ3n) is 18.9. The molecule has 556 valence electrons. The van der Waals surface area contributed by atoms with Crippen LogP contribution in [0.25, 0.3) is 22.1 Å². The summed E-state index contributed by atoms with van der Waals surface area (Å²) in [6.07, 6.45) is 6.34.